The van der Waals surface area contributed by atoms with E-state index in [1.807, 2.05) is 30.5 Å². The molecule has 72 valence electrons. The number of furan rings is 1. The summed E-state index contributed by atoms with van der Waals surface area (Å²) in [6.07, 6.45) is 6.12. The first-order valence-electron chi connectivity index (χ1n) is 4.42. The first-order chi connectivity index (χ1) is 6.86. The third-order valence-corrected chi connectivity index (χ3v) is 2.87. The van der Waals surface area contributed by atoms with E-state index >= 15 is 0 Å². The second kappa shape index (κ2) is 4.42. The van der Waals surface area contributed by atoms with Gasteiger partial charge >= 0.3 is 0 Å². The molecule has 14 heavy (non-hydrogen) atoms. The van der Waals surface area contributed by atoms with Crippen molar-refractivity contribution >= 4 is 15.9 Å². The Labute approximate surface area is 91.1 Å². The normalized spacial score (nSPS) is 12.6. The van der Waals surface area contributed by atoms with Crippen LogP contribution in [0.5, 0.6) is 0 Å². The zero-order valence-corrected chi connectivity index (χ0v) is 9.15. The first-order valence-corrected chi connectivity index (χ1v) is 5.34. The molecule has 0 aromatic carbocycles. The summed E-state index contributed by atoms with van der Waals surface area (Å²) in [5.74, 6) is 0. The monoisotopic (exact) mass is 251 g/mol. The number of alkyl halides is 1. The van der Waals surface area contributed by atoms with Crippen LogP contribution in [0.1, 0.15) is 16.1 Å². The third kappa shape index (κ3) is 2.23. The molecule has 0 saturated heterocycles. The van der Waals surface area contributed by atoms with E-state index in [1.54, 1.807) is 12.5 Å². The van der Waals surface area contributed by atoms with E-state index in [2.05, 4.69) is 20.9 Å². The molecule has 0 N–H and O–H groups in total. The summed E-state index contributed by atoms with van der Waals surface area (Å²) in [4.78, 5) is 4.54. The lowest BCUT2D eigenvalue weighted by Crippen LogP contribution is -1.95. The summed E-state index contributed by atoms with van der Waals surface area (Å²) in [6, 6.07) is 7.90. The second-order valence-corrected chi connectivity index (χ2v) is 4.15. The van der Waals surface area contributed by atoms with Gasteiger partial charge in [0.2, 0.25) is 0 Å². The number of hydrogen-bond acceptors (Lipinski definition) is 2. The molecule has 0 bridgehead atoms. The second-order valence-electron chi connectivity index (χ2n) is 3.05. The standard InChI is InChI=1S/C11H10BrNO/c12-11(9-4-6-14-8-9)7-10-3-1-2-5-13-10/h1-6,8,11H,7H2. The highest BCUT2D eigenvalue weighted by Crippen LogP contribution is 2.26. The lowest BCUT2D eigenvalue weighted by molar-refractivity contribution is 0.563. The van der Waals surface area contributed by atoms with Crippen molar-refractivity contribution in [2.75, 3.05) is 0 Å². The van der Waals surface area contributed by atoms with Crippen LogP contribution in [0.25, 0.3) is 0 Å². The van der Waals surface area contributed by atoms with Gasteiger partial charge in [-0.05, 0) is 18.2 Å². The molecule has 2 aromatic rings. The van der Waals surface area contributed by atoms with Crippen LogP contribution in [0.3, 0.4) is 0 Å². The van der Waals surface area contributed by atoms with E-state index in [0.29, 0.717) is 0 Å². The van der Waals surface area contributed by atoms with Gasteiger partial charge < -0.3 is 4.42 Å². The molecular weight excluding hydrogens is 242 g/mol. The lowest BCUT2D eigenvalue weighted by Gasteiger charge is -2.05. The van der Waals surface area contributed by atoms with Gasteiger partial charge in [-0.15, -0.1) is 0 Å². The van der Waals surface area contributed by atoms with Crippen molar-refractivity contribution in [3.8, 4) is 0 Å². The van der Waals surface area contributed by atoms with Crippen LogP contribution in [0, 0.1) is 0 Å². The molecule has 0 radical (unpaired) electrons. The highest BCUT2D eigenvalue weighted by Gasteiger charge is 2.09. The Balaban J connectivity index is 2.06. The van der Waals surface area contributed by atoms with Crippen molar-refractivity contribution in [1.82, 2.24) is 4.98 Å². The maximum atomic E-state index is 5.02. The zero-order chi connectivity index (χ0) is 9.80. The Morgan fingerprint density at radius 1 is 1.36 bits per heavy atom. The molecular formula is C11H10BrNO. The molecule has 3 heteroatoms. The highest BCUT2D eigenvalue weighted by molar-refractivity contribution is 9.09. The van der Waals surface area contributed by atoms with Crippen molar-refractivity contribution < 1.29 is 4.42 Å². The van der Waals surface area contributed by atoms with Gasteiger partial charge in [-0.3, -0.25) is 4.98 Å². The summed E-state index contributed by atoms with van der Waals surface area (Å²) < 4.78 is 5.02. The molecule has 2 heterocycles. The number of pyridine rings is 1. The van der Waals surface area contributed by atoms with Crippen LogP contribution in [-0.2, 0) is 6.42 Å². The van der Waals surface area contributed by atoms with E-state index in [4.69, 9.17) is 4.42 Å². The quantitative estimate of drug-likeness (QED) is 0.783. The predicted molar refractivity (Wildman–Crippen MR) is 58.3 cm³/mol. The lowest BCUT2D eigenvalue weighted by atomic mass is 10.1. The minimum atomic E-state index is 0.274. The van der Waals surface area contributed by atoms with Gasteiger partial charge in [0.05, 0.1) is 12.5 Å². The molecule has 0 fully saturated rings. The Bertz CT molecular complexity index is 371. The van der Waals surface area contributed by atoms with Crippen molar-refractivity contribution in [2.24, 2.45) is 0 Å². The number of aromatic nitrogens is 1. The van der Waals surface area contributed by atoms with Crippen LogP contribution < -0.4 is 0 Å². The Morgan fingerprint density at radius 2 is 2.29 bits per heavy atom. The van der Waals surface area contributed by atoms with E-state index in [1.165, 1.54) is 0 Å². The summed E-state index contributed by atoms with van der Waals surface area (Å²) in [7, 11) is 0. The average Bonchev–Trinajstić information content (AvgIpc) is 2.72. The maximum absolute atomic E-state index is 5.02. The van der Waals surface area contributed by atoms with Crippen molar-refractivity contribution in [1.29, 1.82) is 0 Å². The average molecular weight is 252 g/mol. The highest BCUT2D eigenvalue weighted by atomic mass is 79.9. The summed E-state index contributed by atoms with van der Waals surface area (Å²) >= 11 is 3.60. The van der Waals surface area contributed by atoms with Gasteiger partial charge in [0.25, 0.3) is 0 Å². The SMILES string of the molecule is BrC(Cc1ccccn1)c1ccoc1. The fourth-order valence-corrected chi connectivity index (χ4v) is 1.87. The molecule has 2 aromatic heterocycles. The van der Waals surface area contributed by atoms with Crippen molar-refractivity contribution in [3.05, 3.63) is 54.2 Å². The van der Waals surface area contributed by atoms with Gasteiger partial charge in [0, 0.05) is 28.7 Å². The number of hydrogen-bond donors (Lipinski definition) is 0. The van der Waals surface area contributed by atoms with Crippen LogP contribution in [0.15, 0.2) is 47.4 Å². The van der Waals surface area contributed by atoms with E-state index in [9.17, 15) is 0 Å². The van der Waals surface area contributed by atoms with Crippen LogP contribution in [0.4, 0.5) is 0 Å². The predicted octanol–water partition coefficient (Wildman–Crippen LogP) is 3.35. The largest absolute Gasteiger partial charge is 0.472 e. The molecule has 1 atom stereocenters. The summed E-state index contributed by atoms with van der Waals surface area (Å²) in [5, 5.41) is 0. The van der Waals surface area contributed by atoms with Gasteiger partial charge in [-0.25, -0.2) is 0 Å². The minimum Gasteiger partial charge on any atom is -0.472 e. The Morgan fingerprint density at radius 3 is 2.93 bits per heavy atom. The van der Waals surface area contributed by atoms with Gasteiger partial charge in [0.1, 0.15) is 0 Å². The molecule has 0 aliphatic carbocycles. The molecule has 0 amide bonds. The molecule has 1 unspecified atom stereocenters. The van der Waals surface area contributed by atoms with Crippen LogP contribution in [-0.4, -0.2) is 4.98 Å². The minimum absolute atomic E-state index is 0.274. The van der Waals surface area contributed by atoms with Gasteiger partial charge in [-0.2, -0.15) is 0 Å². The number of rotatable bonds is 3. The molecule has 0 spiro atoms. The molecule has 0 saturated carbocycles. The topological polar surface area (TPSA) is 26.0 Å². The molecule has 2 rings (SSSR count). The Kier molecular flexibility index (Phi) is 2.99. The molecule has 0 aliphatic rings. The van der Waals surface area contributed by atoms with Crippen molar-refractivity contribution in [2.45, 2.75) is 11.2 Å². The summed E-state index contributed by atoms with van der Waals surface area (Å²) in [5.41, 5.74) is 2.23. The van der Waals surface area contributed by atoms with E-state index < -0.39 is 0 Å². The maximum Gasteiger partial charge on any atom is 0.0946 e. The summed E-state index contributed by atoms with van der Waals surface area (Å²) in [6.45, 7) is 0. The molecule has 2 nitrogen and oxygen atoms in total. The third-order valence-electron chi connectivity index (χ3n) is 2.02. The van der Waals surface area contributed by atoms with Crippen molar-refractivity contribution in [3.63, 3.8) is 0 Å². The Hall–Kier alpha value is -1.09. The number of nitrogens with zero attached hydrogens (tertiary/aromatic N) is 1. The molecule has 0 aliphatic heterocycles. The smallest absolute Gasteiger partial charge is 0.0946 e. The fourth-order valence-electron chi connectivity index (χ4n) is 1.27. The van der Waals surface area contributed by atoms with Gasteiger partial charge in [-0.1, -0.05) is 22.0 Å². The van der Waals surface area contributed by atoms with Gasteiger partial charge in [0.15, 0.2) is 0 Å². The number of halogens is 1. The van der Waals surface area contributed by atoms with E-state index in [0.717, 1.165) is 17.7 Å². The van der Waals surface area contributed by atoms with Crippen LogP contribution >= 0.6 is 15.9 Å². The first kappa shape index (κ1) is 9.46. The zero-order valence-electron chi connectivity index (χ0n) is 7.56. The van der Waals surface area contributed by atoms with E-state index in [-0.39, 0.29) is 4.83 Å². The van der Waals surface area contributed by atoms with Crippen LogP contribution in [0.2, 0.25) is 0 Å². The fraction of sp³-hybridized carbons (Fsp3) is 0.182.